The topological polar surface area (TPSA) is 71.2 Å². The fourth-order valence-electron chi connectivity index (χ4n) is 3.74. The number of aryl methyl sites for hydroxylation is 1. The molecule has 0 aliphatic rings. The van der Waals surface area contributed by atoms with Gasteiger partial charge in [0.05, 0.1) is 7.11 Å². The summed E-state index contributed by atoms with van der Waals surface area (Å²) >= 11 is 0. The minimum absolute atomic E-state index is 0.145. The van der Waals surface area contributed by atoms with Gasteiger partial charge >= 0.3 is 0 Å². The van der Waals surface area contributed by atoms with Crippen LogP contribution in [0.15, 0.2) is 83.9 Å². The first-order chi connectivity index (χ1) is 14.5. The number of sulfonamides is 1. The van der Waals surface area contributed by atoms with Crippen LogP contribution in [0.4, 0.5) is 0 Å². The lowest BCUT2D eigenvalue weighted by molar-refractivity contribution is 0.402. The number of ether oxygens (including phenoxy) is 1. The van der Waals surface area contributed by atoms with Crippen LogP contribution in [0, 0.1) is 6.92 Å². The van der Waals surface area contributed by atoms with Crippen LogP contribution in [0.25, 0.3) is 10.9 Å². The molecule has 0 aliphatic carbocycles. The molecule has 5 nitrogen and oxygen atoms in total. The molecule has 0 saturated carbocycles. The predicted octanol–water partition coefficient (Wildman–Crippen LogP) is 4.60. The zero-order valence-corrected chi connectivity index (χ0v) is 17.7. The number of benzene rings is 3. The fourth-order valence-corrected chi connectivity index (χ4v) is 5.04. The van der Waals surface area contributed by atoms with Crippen LogP contribution >= 0.6 is 0 Å². The third-order valence-electron chi connectivity index (χ3n) is 5.28. The van der Waals surface area contributed by atoms with Crippen LogP contribution in [0.3, 0.4) is 0 Å². The van der Waals surface area contributed by atoms with Gasteiger partial charge < -0.3 is 9.72 Å². The molecule has 0 amide bonds. The Morgan fingerprint density at radius 3 is 2.50 bits per heavy atom. The van der Waals surface area contributed by atoms with E-state index in [-0.39, 0.29) is 17.4 Å². The van der Waals surface area contributed by atoms with E-state index in [9.17, 15) is 8.42 Å². The molecule has 1 heterocycles. The number of fused-ring (bicyclic) bond motifs is 1. The monoisotopic (exact) mass is 420 g/mol. The Morgan fingerprint density at radius 1 is 1.00 bits per heavy atom. The Labute approximate surface area is 176 Å². The molecule has 3 aromatic carbocycles. The van der Waals surface area contributed by atoms with E-state index in [1.165, 1.54) is 7.11 Å². The minimum atomic E-state index is -3.76. The normalized spacial score (nSPS) is 12.7. The summed E-state index contributed by atoms with van der Waals surface area (Å²) in [6.07, 6.45) is 1.96. The fraction of sp³-hybridized carbons (Fsp3) is 0.167. The molecular weight excluding hydrogens is 396 g/mol. The molecule has 1 atom stereocenters. The maximum atomic E-state index is 13.1. The quantitative estimate of drug-likeness (QED) is 0.459. The molecule has 0 spiro atoms. The zero-order chi connectivity index (χ0) is 21.1. The van der Waals surface area contributed by atoms with Crippen molar-refractivity contribution in [2.24, 2.45) is 0 Å². The SMILES string of the molecule is COc1ccc(C)cc1S(=O)(=O)NC[C@@H](c1ccccc1)c1c[nH]c2ccccc12. The molecule has 6 heteroatoms. The number of hydrogen-bond acceptors (Lipinski definition) is 3. The molecule has 1 aromatic heterocycles. The van der Waals surface area contributed by atoms with Crippen LogP contribution in [0.5, 0.6) is 5.75 Å². The van der Waals surface area contributed by atoms with Crippen molar-refractivity contribution in [3.05, 3.63) is 95.7 Å². The molecule has 4 rings (SSSR count). The minimum Gasteiger partial charge on any atom is -0.495 e. The number of rotatable bonds is 7. The van der Waals surface area contributed by atoms with Crippen LogP contribution in [-0.4, -0.2) is 27.1 Å². The van der Waals surface area contributed by atoms with E-state index in [0.717, 1.165) is 27.6 Å². The molecule has 0 aliphatic heterocycles. The van der Waals surface area contributed by atoms with Crippen molar-refractivity contribution >= 4 is 20.9 Å². The van der Waals surface area contributed by atoms with Gasteiger partial charge in [-0.05, 0) is 41.8 Å². The first kappa shape index (κ1) is 20.2. The van der Waals surface area contributed by atoms with Crippen LogP contribution < -0.4 is 9.46 Å². The first-order valence-electron chi connectivity index (χ1n) is 9.75. The number of hydrogen-bond donors (Lipinski definition) is 2. The standard InChI is InChI=1S/C24H24N2O3S/c1-17-12-13-23(29-2)24(14-17)30(27,28)26-16-20(18-8-4-3-5-9-18)21-15-25-22-11-7-6-10-19(21)22/h3-15,20,25-26H,16H2,1-2H3/t20-/m0/s1. The number of H-pyrrole nitrogens is 1. The summed E-state index contributed by atoms with van der Waals surface area (Å²) < 4.78 is 34.4. The highest BCUT2D eigenvalue weighted by molar-refractivity contribution is 7.89. The highest BCUT2D eigenvalue weighted by Gasteiger charge is 2.24. The number of aromatic amines is 1. The van der Waals surface area contributed by atoms with Crippen LogP contribution in [-0.2, 0) is 10.0 Å². The summed E-state index contributed by atoms with van der Waals surface area (Å²) in [5.41, 5.74) is 3.97. The van der Waals surface area contributed by atoms with Gasteiger partial charge in [-0.2, -0.15) is 0 Å². The molecule has 4 aromatic rings. The van der Waals surface area contributed by atoms with Crippen molar-refractivity contribution in [3.8, 4) is 5.75 Å². The summed E-state index contributed by atoms with van der Waals surface area (Å²) in [4.78, 5) is 3.44. The number of aromatic nitrogens is 1. The van der Waals surface area contributed by atoms with Crippen molar-refractivity contribution < 1.29 is 13.2 Å². The van der Waals surface area contributed by atoms with E-state index in [1.54, 1.807) is 12.1 Å². The molecule has 0 bridgehead atoms. The molecule has 0 fully saturated rings. The molecular formula is C24H24N2O3S. The van der Waals surface area contributed by atoms with Crippen molar-refractivity contribution in [2.75, 3.05) is 13.7 Å². The maximum absolute atomic E-state index is 13.1. The van der Waals surface area contributed by atoms with Gasteiger partial charge in [-0.3, -0.25) is 0 Å². The van der Waals surface area contributed by atoms with Gasteiger partial charge in [0.25, 0.3) is 0 Å². The maximum Gasteiger partial charge on any atom is 0.244 e. The molecule has 0 unspecified atom stereocenters. The summed E-state index contributed by atoms with van der Waals surface area (Å²) in [5.74, 6) is 0.185. The van der Waals surface area contributed by atoms with E-state index in [4.69, 9.17) is 4.74 Å². The van der Waals surface area contributed by atoms with Gasteiger partial charge in [0.2, 0.25) is 10.0 Å². The second-order valence-corrected chi connectivity index (χ2v) is 8.99. The molecule has 154 valence electrons. The molecule has 0 saturated heterocycles. The molecule has 2 N–H and O–H groups in total. The van der Waals surface area contributed by atoms with Crippen LogP contribution in [0.2, 0.25) is 0 Å². The van der Waals surface area contributed by atoms with Crippen molar-refractivity contribution in [2.45, 2.75) is 17.7 Å². The van der Waals surface area contributed by atoms with E-state index >= 15 is 0 Å². The van der Waals surface area contributed by atoms with Gasteiger partial charge in [-0.1, -0.05) is 54.6 Å². The Balaban J connectivity index is 1.71. The zero-order valence-electron chi connectivity index (χ0n) is 16.9. The van der Waals surface area contributed by atoms with Gasteiger partial charge in [-0.25, -0.2) is 13.1 Å². The lowest BCUT2D eigenvalue weighted by atomic mass is 9.91. The smallest absolute Gasteiger partial charge is 0.244 e. The highest BCUT2D eigenvalue weighted by atomic mass is 32.2. The predicted molar refractivity (Wildman–Crippen MR) is 120 cm³/mol. The second kappa shape index (κ2) is 8.34. The van der Waals surface area contributed by atoms with Gasteiger partial charge in [-0.15, -0.1) is 0 Å². The lowest BCUT2D eigenvalue weighted by Crippen LogP contribution is -2.29. The van der Waals surface area contributed by atoms with Crippen molar-refractivity contribution in [3.63, 3.8) is 0 Å². The van der Waals surface area contributed by atoms with E-state index in [0.29, 0.717) is 5.75 Å². The average Bonchev–Trinajstić information content (AvgIpc) is 3.19. The van der Waals surface area contributed by atoms with E-state index in [2.05, 4.69) is 15.8 Å². The summed E-state index contributed by atoms with van der Waals surface area (Å²) in [7, 11) is -2.28. The van der Waals surface area contributed by atoms with E-state index < -0.39 is 10.0 Å². The summed E-state index contributed by atoms with van der Waals surface area (Å²) in [5, 5.41) is 1.08. The summed E-state index contributed by atoms with van der Waals surface area (Å²) in [6.45, 7) is 2.09. The van der Waals surface area contributed by atoms with Gasteiger partial charge in [0, 0.05) is 29.6 Å². The Bertz CT molecular complexity index is 1260. The molecule has 0 radical (unpaired) electrons. The highest BCUT2D eigenvalue weighted by Crippen LogP contribution is 2.31. The Kier molecular flexibility index (Phi) is 5.61. The van der Waals surface area contributed by atoms with Crippen LogP contribution in [0.1, 0.15) is 22.6 Å². The second-order valence-electron chi connectivity index (χ2n) is 7.26. The summed E-state index contributed by atoms with van der Waals surface area (Å²) in [6, 6.07) is 23.1. The van der Waals surface area contributed by atoms with Crippen molar-refractivity contribution in [1.29, 1.82) is 0 Å². The number of methoxy groups -OCH3 is 1. The number of nitrogens with one attached hydrogen (secondary N) is 2. The van der Waals surface area contributed by atoms with E-state index in [1.807, 2.05) is 67.7 Å². The largest absolute Gasteiger partial charge is 0.495 e. The lowest BCUT2D eigenvalue weighted by Gasteiger charge is -2.19. The van der Waals surface area contributed by atoms with Gasteiger partial charge in [0.15, 0.2) is 0 Å². The third-order valence-corrected chi connectivity index (χ3v) is 6.73. The first-order valence-corrected chi connectivity index (χ1v) is 11.2. The number of para-hydroxylation sites is 1. The Hall–Kier alpha value is -3.09. The molecule has 30 heavy (non-hydrogen) atoms. The average molecular weight is 421 g/mol. The van der Waals surface area contributed by atoms with Crippen molar-refractivity contribution in [1.82, 2.24) is 9.71 Å². The van der Waals surface area contributed by atoms with Gasteiger partial charge in [0.1, 0.15) is 10.6 Å². The third kappa shape index (κ3) is 3.97. The Morgan fingerprint density at radius 2 is 1.73 bits per heavy atom.